The highest BCUT2D eigenvalue weighted by atomic mass is 16.9. The molecule has 7 heteroatoms. The van der Waals surface area contributed by atoms with Crippen LogP contribution in [0.3, 0.4) is 0 Å². The van der Waals surface area contributed by atoms with Gasteiger partial charge in [-0.25, -0.2) is 0 Å². The molecule has 1 aromatic rings. The second-order valence-electron chi connectivity index (χ2n) is 6.51. The topological polar surface area (TPSA) is 86.6 Å². The summed E-state index contributed by atoms with van der Waals surface area (Å²) >= 11 is 0. The van der Waals surface area contributed by atoms with Crippen LogP contribution in [0, 0.1) is 0 Å². The van der Waals surface area contributed by atoms with Crippen molar-refractivity contribution < 1.29 is 33.9 Å². The normalized spacial score (nSPS) is 34.8. The van der Waals surface area contributed by atoms with Gasteiger partial charge in [-0.05, 0) is 31.5 Å². The van der Waals surface area contributed by atoms with Crippen molar-refractivity contribution in [1.82, 2.24) is 0 Å². The van der Waals surface area contributed by atoms with Gasteiger partial charge in [-0.2, -0.15) is 0 Å². The third kappa shape index (κ3) is 3.28. The van der Waals surface area contributed by atoms with Gasteiger partial charge in [0, 0.05) is 0 Å². The van der Waals surface area contributed by atoms with Crippen molar-refractivity contribution in [3.05, 3.63) is 29.8 Å². The largest absolute Gasteiger partial charge is 0.497 e. The van der Waals surface area contributed by atoms with Gasteiger partial charge in [-0.3, -0.25) is 0 Å². The van der Waals surface area contributed by atoms with E-state index < -0.39 is 29.9 Å². The average Bonchev–Trinajstić information content (AvgIpc) is 3.02. The molecule has 134 valence electrons. The predicted octanol–water partition coefficient (Wildman–Crippen LogP) is 0.812. The molecule has 2 aliphatic heterocycles. The lowest BCUT2D eigenvalue weighted by molar-refractivity contribution is -0.277. The van der Waals surface area contributed by atoms with Crippen LogP contribution in [0.1, 0.15) is 19.4 Å². The molecule has 0 amide bonds. The van der Waals surface area contributed by atoms with Crippen LogP contribution in [-0.2, 0) is 25.6 Å². The summed E-state index contributed by atoms with van der Waals surface area (Å²) in [5, 5.41) is 19.9. The van der Waals surface area contributed by atoms with Crippen LogP contribution in [0.5, 0.6) is 5.75 Å². The average molecular weight is 340 g/mol. The van der Waals surface area contributed by atoms with Crippen molar-refractivity contribution in [3.63, 3.8) is 0 Å². The minimum Gasteiger partial charge on any atom is -0.497 e. The lowest BCUT2D eigenvalue weighted by atomic mass is 10.1. The van der Waals surface area contributed by atoms with Gasteiger partial charge in [0.2, 0.25) is 5.79 Å². The highest BCUT2D eigenvalue weighted by Gasteiger charge is 2.62. The fourth-order valence-electron chi connectivity index (χ4n) is 3.07. The molecule has 2 fully saturated rings. The molecule has 0 radical (unpaired) electrons. The van der Waals surface area contributed by atoms with E-state index in [1.165, 1.54) is 0 Å². The number of aliphatic hydroxyl groups is 2. The van der Waals surface area contributed by atoms with Crippen LogP contribution in [0.15, 0.2) is 24.3 Å². The molecule has 0 aliphatic carbocycles. The Kier molecular flexibility index (Phi) is 4.83. The Balaban J connectivity index is 1.73. The van der Waals surface area contributed by atoms with Gasteiger partial charge < -0.3 is 33.9 Å². The maximum Gasteiger partial charge on any atom is 0.224 e. The van der Waals surface area contributed by atoms with E-state index >= 15 is 0 Å². The summed E-state index contributed by atoms with van der Waals surface area (Å²) in [5.74, 6) is -1.30. The smallest absolute Gasteiger partial charge is 0.224 e. The van der Waals surface area contributed by atoms with Crippen molar-refractivity contribution in [2.45, 2.75) is 50.3 Å². The number of benzene rings is 1. The van der Waals surface area contributed by atoms with E-state index in [0.717, 1.165) is 11.3 Å². The molecule has 24 heavy (non-hydrogen) atoms. The zero-order valence-corrected chi connectivity index (χ0v) is 14.1. The molecule has 2 aliphatic rings. The number of ether oxygens (including phenoxy) is 5. The molecule has 1 unspecified atom stereocenters. The van der Waals surface area contributed by atoms with Crippen molar-refractivity contribution >= 4 is 0 Å². The summed E-state index contributed by atoms with van der Waals surface area (Å²) in [6.45, 7) is 3.60. The zero-order valence-electron chi connectivity index (χ0n) is 14.1. The molecular formula is C17H24O7. The summed E-state index contributed by atoms with van der Waals surface area (Å²) in [6, 6.07) is 7.44. The number of rotatable bonds is 5. The highest BCUT2D eigenvalue weighted by molar-refractivity contribution is 5.26. The predicted molar refractivity (Wildman–Crippen MR) is 83.4 cm³/mol. The van der Waals surface area contributed by atoms with E-state index in [1.54, 1.807) is 21.0 Å². The standard InChI is InChI=1S/C17H24O7/c1-16(2)22-10-17(24-16)15(14(19)13(8-18)23-17)21-9-11-4-6-12(20-3)7-5-11/h4-7,13-15,18-19H,8-10H2,1-3H3/t13-,14-,15+,17?/m0/s1. The van der Waals surface area contributed by atoms with E-state index in [9.17, 15) is 10.2 Å². The summed E-state index contributed by atoms with van der Waals surface area (Å²) in [7, 11) is 1.61. The first-order valence-corrected chi connectivity index (χ1v) is 7.94. The number of hydrogen-bond acceptors (Lipinski definition) is 7. The number of aliphatic hydroxyl groups excluding tert-OH is 2. The molecule has 7 nitrogen and oxygen atoms in total. The molecule has 1 aromatic carbocycles. The Morgan fingerprint density at radius 2 is 1.96 bits per heavy atom. The number of methoxy groups -OCH3 is 1. The van der Waals surface area contributed by atoms with Crippen LogP contribution in [0.25, 0.3) is 0 Å². The quantitative estimate of drug-likeness (QED) is 0.820. The van der Waals surface area contributed by atoms with E-state index in [0.29, 0.717) is 0 Å². The monoisotopic (exact) mass is 340 g/mol. The Hall–Kier alpha value is -1.22. The lowest BCUT2D eigenvalue weighted by Gasteiger charge is -2.30. The lowest BCUT2D eigenvalue weighted by Crippen LogP contribution is -2.48. The van der Waals surface area contributed by atoms with Gasteiger partial charge in [-0.1, -0.05) is 12.1 Å². The molecule has 0 saturated carbocycles. The maximum absolute atomic E-state index is 10.4. The Bertz CT molecular complexity index is 559. The molecule has 3 rings (SSSR count). The highest BCUT2D eigenvalue weighted by Crippen LogP contribution is 2.43. The SMILES string of the molecule is COc1ccc(CO[C@@H]2[C@@H](O)[C@H](CO)OC23COC(C)(C)O3)cc1. The number of hydrogen-bond donors (Lipinski definition) is 2. The van der Waals surface area contributed by atoms with Gasteiger partial charge in [0.15, 0.2) is 5.79 Å². The van der Waals surface area contributed by atoms with Crippen molar-refractivity contribution in [1.29, 1.82) is 0 Å². The van der Waals surface area contributed by atoms with Crippen molar-refractivity contribution in [2.75, 3.05) is 20.3 Å². The van der Waals surface area contributed by atoms with E-state index in [4.69, 9.17) is 23.7 Å². The van der Waals surface area contributed by atoms with E-state index in [1.807, 2.05) is 24.3 Å². The second kappa shape index (κ2) is 6.59. The third-order valence-electron chi connectivity index (χ3n) is 4.28. The molecule has 2 heterocycles. The Labute approximate surface area is 141 Å². The van der Waals surface area contributed by atoms with Gasteiger partial charge in [0.05, 0.1) is 20.3 Å². The van der Waals surface area contributed by atoms with Gasteiger partial charge >= 0.3 is 0 Å². The second-order valence-corrected chi connectivity index (χ2v) is 6.51. The molecule has 0 bridgehead atoms. The molecule has 1 spiro atoms. The fourth-order valence-corrected chi connectivity index (χ4v) is 3.07. The summed E-state index contributed by atoms with van der Waals surface area (Å²) < 4.78 is 28.3. The van der Waals surface area contributed by atoms with Gasteiger partial charge in [0.25, 0.3) is 0 Å². The molecule has 4 atom stereocenters. The zero-order chi connectivity index (χ0) is 17.4. The maximum atomic E-state index is 10.4. The van der Waals surface area contributed by atoms with Crippen LogP contribution in [-0.4, -0.2) is 60.4 Å². The van der Waals surface area contributed by atoms with Crippen molar-refractivity contribution in [3.8, 4) is 5.75 Å². The summed E-state index contributed by atoms with van der Waals surface area (Å²) in [5.41, 5.74) is 0.920. The van der Waals surface area contributed by atoms with Crippen molar-refractivity contribution in [2.24, 2.45) is 0 Å². The minimum atomic E-state index is -1.22. The first-order chi connectivity index (χ1) is 11.4. The molecule has 2 saturated heterocycles. The third-order valence-corrected chi connectivity index (χ3v) is 4.28. The van der Waals surface area contributed by atoms with E-state index in [2.05, 4.69) is 0 Å². The summed E-state index contributed by atoms with van der Waals surface area (Å²) in [4.78, 5) is 0. The Morgan fingerprint density at radius 1 is 1.25 bits per heavy atom. The first-order valence-electron chi connectivity index (χ1n) is 7.94. The summed E-state index contributed by atoms with van der Waals surface area (Å²) in [6.07, 6.45) is -2.55. The van der Waals surface area contributed by atoms with Crippen LogP contribution < -0.4 is 4.74 Å². The fraction of sp³-hybridized carbons (Fsp3) is 0.647. The molecule has 0 aromatic heterocycles. The molecular weight excluding hydrogens is 316 g/mol. The first kappa shape index (κ1) is 17.6. The van der Waals surface area contributed by atoms with E-state index in [-0.39, 0.29) is 19.8 Å². The van der Waals surface area contributed by atoms with Crippen LogP contribution >= 0.6 is 0 Å². The van der Waals surface area contributed by atoms with Gasteiger partial charge in [-0.15, -0.1) is 0 Å². The Morgan fingerprint density at radius 3 is 2.50 bits per heavy atom. The molecule has 2 N–H and O–H groups in total. The van der Waals surface area contributed by atoms with Crippen LogP contribution in [0.4, 0.5) is 0 Å². The van der Waals surface area contributed by atoms with Crippen LogP contribution in [0.2, 0.25) is 0 Å². The minimum absolute atomic E-state index is 0.126. The van der Waals surface area contributed by atoms with Gasteiger partial charge in [0.1, 0.15) is 30.7 Å².